The highest BCUT2D eigenvalue weighted by Gasteiger charge is 2.02. The van der Waals surface area contributed by atoms with Crippen molar-refractivity contribution in [1.29, 1.82) is 5.26 Å². The third-order valence-corrected chi connectivity index (χ3v) is 2.21. The van der Waals surface area contributed by atoms with Gasteiger partial charge in [0.15, 0.2) is 0 Å². The Morgan fingerprint density at radius 3 is 2.82 bits per heavy atom. The molecular formula is C7H4Br2N2. The molecule has 0 aliphatic heterocycles. The van der Waals surface area contributed by atoms with Gasteiger partial charge in [-0.1, -0.05) is 31.9 Å². The highest BCUT2D eigenvalue weighted by atomic mass is 79.9. The number of aromatic nitrogens is 1. The van der Waals surface area contributed by atoms with Crippen LogP contribution in [0, 0.1) is 11.3 Å². The molecule has 0 atom stereocenters. The van der Waals surface area contributed by atoms with Gasteiger partial charge in [0.1, 0.15) is 11.8 Å². The zero-order chi connectivity index (χ0) is 8.27. The monoisotopic (exact) mass is 274 g/mol. The van der Waals surface area contributed by atoms with E-state index in [9.17, 15) is 0 Å². The van der Waals surface area contributed by atoms with Gasteiger partial charge >= 0.3 is 0 Å². The van der Waals surface area contributed by atoms with Gasteiger partial charge in [-0.2, -0.15) is 5.26 Å². The van der Waals surface area contributed by atoms with Gasteiger partial charge in [0.05, 0.1) is 3.74 Å². The molecule has 1 aromatic rings. The van der Waals surface area contributed by atoms with Crippen molar-refractivity contribution in [2.45, 2.75) is 3.74 Å². The SMILES string of the molecule is N#Cc1cc(C(Br)Br)ccn1. The highest BCUT2D eigenvalue weighted by molar-refractivity contribution is 9.24. The van der Waals surface area contributed by atoms with Crippen LogP contribution in [0.25, 0.3) is 0 Å². The van der Waals surface area contributed by atoms with Crippen LogP contribution in [0.15, 0.2) is 18.3 Å². The summed E-state index contributed by atoms with van der Waals surface area (Å²) in [5, 5.41) is 8.50. The lowest BCUT2D eigenvalue weighted by Gasteiger charge is -1.99. The summed E-state index contributed by atoms with van der Waals surface area (Å²) in [5.41, 5.74) is 1.43. The maximum atomic E-state index is 8.50. The number of hydrogen-bond acceptors (Lipinski definition) is 2. The minimum atomic E-state index is 0.0881. The number of hydrogen-bond donors (Lipinski definition) is 0. The first kappa shape index (κ1) is 8.69. The second kappa shape index (κ2) is 3.84. The van der Waals surface area contributed by atoms with Crippen molar-refractivity contribution in [1.82, 2.24) is 4.98 Å². The third-order valence-electron chi connectivity index (χ3n) is 1.15. The van der Waals surface area contributed by atoms with Crippen LogP contribution >= 0.6 is 31.9 Å². The Kier molecular flexibility index (Phi) is 3.03. The fourth-order valence-corrected chi connectivity index (χ4v) is 1.21. The van der Waals surface area contributed by atoms with Gasteiger partial charge in [0, 0.05) is 6.20 Å². The molecule has 0 N–H and O–H groups in total. The predicted molar refractivity (Wildman–Crippen MR) is 49.5 cm³/mol. The molecular weight excluding hydrogens is 272 g/mol. The van der Waals surface area contributed by atoms with E-state index in [1.54, 1.807) is 12.3 Å². The molecule has 4 heteroatoms. The number of alkyl halides is 2. The second-order valence-corrected chi connectivity index (χ2v) is 4.95. The van der Waals surface area contributed by atoms with Gasteiger partial charge in [-0.25, -0.2) is 4.98 Å². The van der Waals surface area contributed by atoms with Crippen molar-refractivity contribution in [3.05, 3.63) is 29.6 Å². The Morgan fingerprint density at radius 1 is 1.55 bits per heavy atom. The molecule has 0 amide bonds. The lowest BCUT2D eigenvalue weighted by molar-refractivity contribution is 1.22. The third kappa shape index (κ3) is 2.28. The Balaban J connectivity index is 3.03. The van der Waals surface area contributed by atoms with E-state index in [1.807, 2.05) is 12.1 Å². The van der Waals surface area contributed by atoms with E-state index in [-0.39, 0.29) is 3.74 Å². The van der Waals surface area contributed by atoms with Crippen LogP contribution in [-0.2, 0) is 0 Å². The normalized spacial score (nSPS) is 9.64. The average molecular weight is 276 g/mol. The maximum Gasteiger partial charge on any atom is 0.140 e. The molecule has 0 aliphatic rings. The minimum Gasteiger partial charge on any atom is -0.246 e. The molecule has 1 heterocycles. The Bertz CT molecular complexity index is 291. The van der Waals surface area contributed by atoms with Crippen molar-refractivity contribution < 1.29 is 0 Å². The van der Waals surface area contributed by atoms with Gasteiger partial charge < -0.3 is 0 Å². The highest BCUT2D eigenvalue weighted by Crippen LogP contribution is 2.28. The summed E-state index contributed by atoms with van der Waals surface area (Å²) in [6.07, 6.45) is 1.61. The van der Waals surface area contributed by atoms with Gasteiger partial charge in [-0.3, -0.25) is 0 Å². The standard InChI is InChI=1S/C7H4Br2N2/c8-7(9)5-1-2-11-6(3-5)4-10/h1-3,7H. The van der Waals surface area contributed by atoms with Crippen molar-refractivity contribution in [3.8, 4) is 6.07 Å². The molecule has 0 radical (unpaired) electrons. The summed E-state index contributed by atoms with van der Waals surface area (Å²) in [4.78, 5) is 3.84. The summed E-state index contributed by atoms with van der Waals surface area (Å²) < 4.78 is 0.0881. The fourth-order valence-electron chi connectivity index (χ4n) is 0.644. The van der Waals surface area contributed by atoms with Gasteiger partial charge in [-0.15, -0.1) is 0 Å². The van der Waals surface area contributed by atoms with Crippen LogP contribution in [-0.4, -0.2) is 4.98 Å². The first-order valence-electron chi connectivity index (χ1n) is 2.88. The Labute approximate surface area is 81.5 Å². The summed E-state index contributed by atoms with van der Waals surface area (Å²) in [7, 11) is 0. The molecule has 1 rings (SSSR count). The van der Waals surface area contributed by atoms with E-state index in [1.165, 1.54) is 0 Å². The molecule has 0 aliphatic carbocycles. The quantitative estimate of drug-likeness (QED) is 0.739. The summed E-state index contributed by atoms with van der Waals surface area (Å²) in [6.45, 7) is 0. The number of rotatable bonds is 1. The van der Waals surface area contributed by atoms with Crippen molar-refractivity contribution in [3.63, 3.8) is 0 Å². The molecule has 1 aromatic heterocycles. The molecule has 0 bridgehead atoms. The van der Waals surface area contributed by atoms with Gasteiger partial charge in [-0.05, 0) is 17.7 Å². The van der Waals surface area contributed by atoms with Crippen LogP contribution in [0.5, 0.6) is 0 Å². The summed E-state index contributed by atoms with van der Waals surface area (Å²) in [6, 6.07) is 5.54. The molecule has 56 valence electrons. The van der Waals surface area contributed by atoms with Crippen LogP contribution in [0.2, 0.25) is 0 Å². The largest absolute Gasteiger partial charge is 0.246 e. The molecule has 0 saturated heterocycles. The summed E-state index contributed by atoms with van der Waals surface area (Å²) in [5.74, 6) is 0. The number of nitriles is 1. The molecule has 2 nitrogen and oxygen atoms in total. The predicted octanol–water partition coefficient (Wildman–Crippen LogP) is 2.74. The molecule has 0 fully saturated rings. The first-order chi connectivity index (χ1) is 5.24. The van der Waals surface area contributed by atoms with Crippen LogP contribution < -0.4 is 0 Å². The van der Waals surface area contributed by atoms with E-state index in [2.05, 4.69) is 36.8 Å². The fraction of sp³-hybridized carbons (Fsp3) is 0.143. The van der Waals surface area contributed by atoms with Crippen LogP contribution in [0.3, 0.4) is 0 Å². The average Bonchev–Trinajstić information content (AvgIpc) is 2.05. The van der Waals surface area contributed by atoms with E-state index in [4.69, 9.17) is 5.26 Å². The van der Waals surface area contributed by atoms with Crippen molar-refractivity contribution >= 4 is 31.9 Å². The molecule has 0 saturated carbocycles. The molecule has 0 unspecified atom stereocenters. The summed E-state index contributed by atoms with van der Waals surface area (Å²) >= 11 is 6.65. The number of nitrogens with zero attached hydrogens (tertiary/aromatic N) is 2. The zero-order valence-corrected chi connectivity index (χ0v) is 8.63. The molecule has 0 aromatic carbocycles. The van der Waals surface area contributed by atoms with Gasteiger partial charge in [0.25, 0.3) is 0 Å². The molecule has 0 spiro atoms. The van der Waals surface area contributed by atoms with Crippen molar-refractivity contribution in [2.24, 2.45) is 0 Å². The lowest BCUT2D eigenvalue weighted by atomic mass is 10.2. The van der Waals surface area contributed by atoms with E-state index in [0.717, 1.165) is 5.56 Å². The number of halogens is 2. The Hall–Kier alpha value is -0.400. The van der Waals surface area contributed by atoms with E-state index in [0.29, 0.717) is 5.69 Å². The van der Waals surface area contributed by atoms with E-state index < -0.39 is 0 Å². The maximum absolute atomic E-state index is 8.50. The van der Waals surface area contributed by atoms with Crippen LogP contribution in [0.1, 0.15) is 15.0 Å². The van der Waals surface area contributed by atoms with Crippen molar-refractivity contribution in [2.75, 3.05) is 0 Å². The Morgan fingerprint density at radius 2 is 2.27 bits per heavy atom. The minimum absolute atomic E-state index is 0.0881. The van der Waals surface area contributed by atoms with E-state index >= 15 is 0 Å². The number of pyridine rings is 1. The van der Waals surface area contributed by atoms with Crippen LogP contribution in [0.4, 0.5) is 0 Å². The topological polar surface area (TPSA) is 36.7 Å². The second-order valence-electron chi connectivity index (χ2n) is 1.89. The smallest absolute Gasteiger partial charge is 0.140 e. The lowest BCUT2D eigenvalue weighted by Crippen LogP contribution is -1.85. The molecule has 11 heavy (non-hydrogen) atoms. The zero-order valence-electron chi connectivity index (χ0n) is 5.46. The van der Waals surface area contributed by atoms with Gasteiger partial charge in [0.2, 0.25) is 0 Å². The first-order valence-corrected chi connectivity index (χ1v) is 4.71.